The normalized spacial score (nSPS) is 25.2. The molecule has 2 saturated carbocycles. The van der Waals surface area contributed by atoms with Gasteiger partial charge in [-0.25, -0.2) is 0 Å². The lowest BCUT2D eigenvalue weighted by Crippen LogP contribution is -2.59. The number of aliphatic hydroxyl groups excluding tert-OH is 1. The van der Waals surface area contributed by atoms with Crippen molar-refractivity contribution < 1.29 is 24.3 Å². The lowest BCUT2D eigenvalue weighted by molar-refractivity contribution is -0.135. The van der Waals surface area contributed by atoms with Crippen molar-refractivity contribution in [2.75, 3.05) is 13.1 Å². The van der Waals surface area contributed by atoms with Crippen LogP contribution in [0.2, 0.25) is 0 Å². The summed E-state index contributed by atoms with van der Waals surface area (Å²) in [5, 5.41) is 21.5. The van der Waals surface area contributed by atoms with Gasteiger partial charge in [-0.1, -0.05) is 30.3 Å². The number of fused-ring (bicyclic) bond motifs is 1. The molecule has 1 spiro atoms. The van der Waals surface area contributed by atoms with E-state index in [1.54, 1.807) is 11.0 Å². The van der Waals surface area contributed by atoms with E-state index in [2.05, 4.69) is 16.0 Å². The number of aliphatic hydroxyl groups is 1. The Kier molecular flexibility index (Phi) is 6.79. The Balaban J connectivity index is 1.23. The SMILES string of the molecule is O=C(NC1CC1)C(O)[C@H](C[C@@H]1CCNC1=O)NC(=O)[C@@H]1CC2(CCN1C(=O)c1ccc3ccccc3c1)CC2. The number of nitrogens with one attached hydrogen (secondary N) is 3. The van der Waals surface area contributed by atoms with Crippen LogP contribution in [0.25, 0.3) is 10.8 Å². The van der Waals surface area contributed by atoms with Crippen molar-refractivity contribution in [1.29, 1.82) is 0 Å². The fourth-order valence-corrected chi connectivity index (χ4v) is 6.15. The molecule has 206 valence electrons. The van der Waals surface area contributed by atoms with Crippen molar-refractivity contribution in [2.24, 2.45) is 11.3 Å². The van der Waals surface area contributed by atoms with E-state index in [9.17, 15) is 24.3 Å². The molecule has 0 bridgehead atoms. The molecule has 4 amide bonds. The first kappa shape index (κ1) is 25.8. The third kappa shape index (κ3) is 5.50. The van der Waals surface area contributed by atoms with Crippen LogP contribution in [0.3, 0.4) is 0 Å². The van der Waals surface area contributed by atoms with Crippen LogP contribution in [0.4, 0.5) is 0 Å². The monoisotopic (exact) mass is 532 g/mol. The van der Waals surface area contributed by atoms with Gasteiger partial charge in [-0.05, 0) is 79.7 Å². The van der Waals surface area contributed by atoms with Crippen molar-refractivity contribution in [3.05, 3.63) is 48.0 Å². The Morgan fingerprint density at radius 1 is 1.05 bits per heavy atom. The molecule has 2 aliphatic heterocycles. The predicted octanol–water partition coefficient (Wildman–Crippen LogP) is 1.88. The Labute approximate surface area is 227 Å². The molecule has 9 heteroatoms. The molecule has 2 aromatic carbocycles. The molecule has 4 atom stereocenters. The number of amides is 4. The number of carbonyl (C=O) groups excluding carboxylic acids is 4. The summed E-state index contributed by atoms with van der Waals surface area (Å²) in [5.41, 5.74) is 0.603. The smallest absolute Gasteiger partial charge is 0.254 e. The van der Waals surface area contributed by atoms with Crippen LogP contribution >= 0.6 is 0 Å². The summed E-state index contributed by atoms with van der Waals surface area (Å²) in [4.78, 5) is 54.3. The van der Waals surface area contributed by atoms with Crippen LogP contribution in [-0.2, 0) is 14.4 Å². The summed E-state index contributed by atoms with van der Waals surface area (Å²) in [6.07, 6.45) is 4.49. The number of piperidine rings is 1. The molecular weight excluding hydrogens is 496 g/mol. The van der Waals surface area contributed by atoms with E-state index in [-0.39, 0.29) is 35.6 Å². The van der Waals surface area contributed by atoms with Gasteiger partial charge in [-0.2, -0.15) is 0 Å². The van der Waals surface area contributed by atoms with Crippen molar-refractivity contribution in [2.45, 2.75) is 75.6 Å². The molecule has 1 unspecified atom stereocenters. The number of likely N-dealkylation sites (tertiary alicyclic amines) is 1. The van der Waals surface area contributed by atoms with E-state index in [1.807, 2.05) is 36.4 Å². The molecule has 9 nitrogen and oxygen atoms in total. The standard InChI is InChI=1S/C30H36N4O5/c35-25(28(38)32-22-7-8-22)23(16-20-9-13-31-26(20)36)33-27(37)24-17-30(10-11-30)12-14-34(24)29(39)21-6-5-18-3-1-2-4-19(18)15-21/h1-6,15,20,22-25,35H,7-14,16-17H2,(H,31,36)(H,32,38)(H,33,37)/t20-,23-,24-,25?/m0/s1. The first-order chi connectivity index (χ1) is 18.8. The molecule has 2 aliphatic carbocycles. The van der Waals surface area contributed by atoms with Crippen LogP contribution in [0.5, 0.6) is 0 Å². The summed E-state index contributed by atoms with van der Waals surface area (Å²) in [6, 6.07) is 11.8. The second-order valence-corrected chi connectivity index (χ2v) is 11.9. The third-order valence-electron chi connectivity index (χ3n) is 9.01. The second kappa shape index (κ2) is 10.3. The summed E-state index contributed by atoms with van der Waals surface area (Å²) in [7, 11) is 0. The molecule has 4 fully saturated rings. The number of carbonyl (C=O) groups is 4. The number of rotatable bonds is 8. The van der Waals surface area contributed by atoms with E-state index in [0.717, 1.165) is 42.9 Å². The highest BCUT2D eigenvalue weighted by molar-refractivity contribution is 6.01. The van der Waals surface area contributed by atoms with Gasteiger partial charge in [0.2, 0.25) is 11.8 Å². The first-order valence-corrected chi connectivity index (χ1v) is 14.2. The van der Waals surface area contributed by atoms with Crippen LogP contribution in [0.1, 0.15) is 61.7 Å². The lowest BCUT2D eigenvalue weighted by Gasteiger charge is -2.40. The molecule has 0 radical (unpaired) electrons. The van der Waals surface area contributed by atoms with Crippen molar-refractivity contribution >= 4 is 34.4 Å². The van der Waals surface area contributed by atoms with Crippen LogP contribution in [0, 0.1) is 11.3 Å². The molecule has 6 rings (SSSR count). The summed E-state index contributed by atoms with van der Waals surface area (Å²) < 4.78 is 0. The van der Waals surface area contributed by atoms with Gasteiger partial charge < -0.3 is 26.0 Å². The molecule has 2 heterocycles. The maximum Gasteiger partial charge on any atom is 0.254 e. The third-order valence-corrected chi connectivity index (χ3v) is 9.01. The van der Waals surface area contributed by atoms with Gasteiger partial charge in [0.25, 0.3) is 11.8 Å². The Morgan fingerprint density at radius 3 is 2.51 bits per heavy atom. The van der Waals surface area contributed by atoms with Crippen molar-refractivity contribution in [3.63, 3.8) is 0 Å². The zero-order valence-corrected chi connectivity index (χ0v) is 22.0. The van der Waals surface area contributed by atoms with Crippen molar-refractivity contribution in [1.82, 2.24) is 20.9 Å². The quantitative estimate of drug-likeness (QED) is 0.413. The fourth-order valence-electron chi connectivity index (χ4n) is 6.15. The van der Waals surface area contributed by atoms with Gasteiger partial charge in [0, 0.05) is 30.6 Å². The predicted molar refractivity (Wildman–Crippen MR) is 145 cm³/mol. The summed E-state index contributed by atoms with van der Waals surface area (Å²) >= 11 is 0. The summed E-state index contributed by atoms with van der Waals surface area (Å²) in [5.74, 6) is -1.64. The second-order valence-electron chi connectivity index (χ2n) is 11.9. The zero-order chi connectivity index (χ0) is 27.1. The average Bonchev–Trinajstić information content (AvgIpc) is 3.88. The van der Waals surface area contributed by atoms with E-state index in [1.165, 1.54) is 0 Å². The number of hydrogen-bond acceptors (Lipinski definition) is 5. The van der Waals surface area contributed by atoms with Gasteiger partial charge in [-0.3, -0.25) is 19.2 Å². The Hall–Kier alpha value is -3.46. The maximum atomic E-state index is 13.9. The molecular formula is C30H36N4O5. The van der Waals surface area contributed by atoms with Crippen LogP contribution in [-0.4, -0.2) is 71.0 Å². The van der Waals surface area contributed by atoms with Crippen LogP contribution < -0.4 is 16.0 Å². The van der Waals surface area contributed by atoms with Crippen molar-refractivity contribution in [3.8, 4) is 0 Å². The van der Waals surface area contributed by atoms with E-state index in [4.69, 9.17) is 0 Å². The van der Waals surface area contributed by atoms with Gasteiger partial charge >= 0.3 is 0 Å². The molecule has 4 aliphatic rings. The topological polar surface area (TPSA) is 128 Å². The van der Waals surface area contributed by atoms with Gasteiger partial charge in [0.15, 0.2) is 6.10 Å². The maximum absolute atomic E-state index is 13.9. The average molecular weight is 533 g/mol. The minimum absolute atomic E-state index is 0.0569. The number of benzene rings is 2. The van der Waals surface area contributed by atoms with Crippen LogP contribution in [0.15, 0.2) is 42.5 Å². The fraction of sp³-hybridized carbons (Fsp3) is 0.533. The minimum atomic E-state index is -1.48. The molecule has 39 heavy (non-hydrogen) atoms. The summed E-state index contributed by atoms with van der Waals surface area (Å²) in [6.45, 7) is 1.01. The highest BCUT2D eigenvalue weighted by atomic mass is 16.3. The number of nitrogens with zero attached hydrogens (tertiary/aromatic N) is 1. The Morgan fingerprint density at radius 2 is 1.82 bits per heavy atom. The molecule has 0 aromatic heterocycles. The molecule has 4 N–H and O–H groups in total. The van der Waals surface area contributed by atoms with Gasteiger partial charge in [0.1, 0.15) is 6.04 Å². The van der Waals surface area contributed by atoms with Gasteiger partial charge in [-0.15, -0.1) is 0 Å². The first-order valence-electron chi connectivity index (χ1n) is 14.2. The van der Waals surface area contributed by atoms with Gasteiger partial charge in [0.05, 0.1) is 6.04 Å². The largest absolute Gasteiger partial charge is 0.381 e. The number of hydrogen-bond donors (Lipinski definition) is 4. The highest BCUT2D eigenvalue weighted by Crippen LogP contribution is 2.55. The van der Waals surface area contributed by atoms with E-state index < -0.39 is 30.0 Å². The van der Waals surface area contributed by atoms with E-state index >= 15 is 0 Å². The Bertz CT molecular complexity index is 1300. The molecule has 2 saturated heterocycles. The molecule has 2 aromatic rings. The zero-order valence-electron chi connectivity index (χ0n) is 22.0. The lowest BCUT2D eigenvalue weighted by atomic mass is 9.86. The minimum Gasteiger partial charge on any atom is -0.381 e. The highest BCUT2D eigenvalue weighted by Gasteiger charge is 2.51. The van der Waals surface area contributed by atoms with E-state index in [0.29, 0.717) is 31.5 Å².